The molecule has 0 fully saturated rings. The van der Waals surface area contributed by atoms with Crippen LogP contribution in [0.4, 0.5) is 4.53 Å². The summed E-state index contributed by atoms with van der Waals surface area (Å²) < 4.78 is 16.5. The summed E-state index contributed by atoms with van der Waals surface area (Å²) in [7, 11) is 0. The van der Waals surface area contributed by atoms with Crippen LogP contribution in [0.2, 0.25) is 0 Å². The molecule has 0 saturated heterocycles. The molecule has 0 radical (unpaired) electrons. The molecule has 0 unspecified atom stereocenters. The van der Waals surface area contributed by atoms with Gasteiger partial charge in [0.1, 0.15) is 0 Å². The predicted molar refractivity (Wildman–Crippen MR) is 46.6 cm³/mol. The number of ether oxygens (including phenoxy) is 1. The standard InChI is InChI=1S/C9H19FO2/c1-9(2)8-11-6-4-3-5-7-12-10/h9H,3-8H2,1-2H3. The van der Waals surface area contributed by atoms with E-state index in [-0.39, 0.29) is 6.61 Å². The third-order valence-corrected chi connectivity index (χ3v) is 1.46. The van der Waals surface area contributed by atoms with Crippen molar-refractivity contribution in [3.05, 3.63) is 0 Å². The molecule has 12 heavy (non-hydrogen) atoms. The van der Waals surface area contributed by atoms with Crippen LogP contribution in [-0.2, 0) is 9.68 Å². The molecule has 0 rings (SSSR count). The van der Waals surface area contributed by atoms with Crippen LogP contribution in [-0.4, -0.2) is 19.8 Å². The number of rotatable bonds is 8. The van der Waals surface area contributed by atoms with Gasteiger partial charge in [0.25, 0.3) is 0 Å². The van der Waals surface area contributed by atoms with Crippen LogP contribution in [0.25, 0.3) is 0 Å². The average Bonchev–Trinajstić information content (AvgIpc) is 2.02. The topological polar surface area (TPSA) is 18.5 Å². The molecule has 0 aliphatic heterocycles. The maximum absolute atomic E-state index is 11.1. The van der Waals surface area contributed by atoms with E-state index >= 15 is 0 Å². The maximum atomic E-state index is 11.1. The predicted octanol–water partition coefficient (Wildman–Crippen LogP) is 2.73. The Balaban J connectivity index is 2.82. The lowest BCUT2D eigenvalue weighted by molar-refractivity contribution is -0.133. The zero-order valence-electron chi connectivity index (χ0n) is 8.01. The van der Waals surface area contributed by atoms with Gasteiger partial charge in [-0.15, -0.1) is 0 Å². The SMILES string of the molecule is CC(C)COCCCCCOF. The van der Waals surface area contributed by atoms with Crippen molar-refractivity contribution < 1.29 is 14.2 Å². The van der Waals surface area contributed by atoms with E-state index in [9.17, 15) is 4.53 Å². The summed E-state index contributed by atoms with van der Waals surface area (Å²) in [5.74, 6) is 0.596. The first-order valence-electron chi connectivity index (χ1n) is 4.58. The van der Waals surface area contributed by atoms with Crippen LogP contribution in [0.3, 0.4) is 0 Å². The number of hydrogen-bond donors (Lipinski definition) is 0. The lowest BCUT2D eigenvalue weighted by Crippen LogP contribution is -2.03. The fourth-order valence-electron chi connectivity index (χ4n) is 0.857. The summed E-state index contributed by atoms with van der Waals surface area (Å²) in [6.07, 6.45) is 2.75. The first kappa shape index (κ1) is 11.8. The highest BCUT2D eigenvalue weighted by molar-refractivity contribution is 4.42. The normalized spacial score (nSPS) is 11.0. The Morgan fingerprint density at radius 3 is 2.33 bits per heavy atom. The molecule has 0 saturated carbocycles. The lowest BCUT2D eigenvalue weighted by Gasteiger charge is -2.05. The molecule has 3 heteroatoms. The van der Waals surface area contributed by atoms with Crippen LogP contribution < -0.4 is 0 Å². The minimum absolute atomic E-state index is 0.212. The summed E-state index contributed by atoms with van der Waals surface area (Å²) in [6.45, 7) is 6.06. The van der Waals surface area contributed by atoms with Gasteiger partial charge in [-0.3, -0.25) is 0 Å². The second-order valence-corrected chi connectivity index (χ2v) is 3.34. The fourth-order valence-corrected chi connectivity index (χ4v) is 0.857. The Hall–Kier alpha value is -0.150. The molecule has 0 aromatic carbocycles. The largest absolute Gasteiger partial charge is 0.381 e. The summed E-state index contributed by atoms with van der Waals surface area (Å²) >= 11 is 0. The third-order valence-electron chi connectivity index (χ3n) is 1.46. The Labute approximate surface area is 74.0 Å². The quantitative estimate of drug-likeness (QED) is 0.532. The molecule has 74 valence electrons. The van der Waals surface area contributed by atoms with Gasteiger partial charge in [-0.2, -0.15) is 4.94 Å². The van der Waals surface area contributed by atoms with Gasteiger partial charge in [0.15, 0.2) is 0 Å². The molecule has 0 N–H and O–H groups in total. The molecule has 0 aliphatic carbocycles. The first-order valence-corrected chi connectivity index (χ1v) is 4.58. The van der Waals surface area contributed by atoms with Crippen molar-refractivity contribution in [1.29, 1.82) is 0 Å². The second-order valence-electron chi connectivity index (χ2n) is 3.34. The molecular formula is C9H19FO2. The van der Waals surface area contributed by atoms with Crippen molar-refractivity contribution in [3.8, 4) is 0 Å². The van der Waals surface area contributed by atoms with Gasteiger partial charge < -0.3 is 4.74 Å². The van der Waals surface area contributed by atoms with E-state index in [2.05, 4.69) is 18.8 Å². The summed E-state index contributed by atoms with van der Waals surface area (Å²) in [5, 5.41) is 0. The maximum Gasteiger partial charge on any atom is 0.0876 e. The number of unbranched alkanes of at least 4 members (excludes halogenated alkanes) is 2. The van der Waals surface area contributed by atoms with E-state index in [1.807, 2.05) is 0 Å². The molecule has 0 atom stereocenters. The fraction of sp³-hybridized carbons (Fsp3) is 1.00. The van der Waals surface area contributed by atoms with E-state index in [0.29, 0.717) is 5.92 Å². The van der Waals surface area contributed by atoms with E-state index in [0.717, 1.165) is 32.5 Å². The van der Waals surface area contributed by atoms with Gasteiger partial charge >= 0.3 is 0 Å². The van der Waals surface area contributed by atoms with Crippen LogP contribution in [0.15, 0.2) is 0 Å². The number of halogens is 1. The molecule has 0 bridgehead atoms. The van der Waals surface area contributed by atoms with Gasteiger partial charge in [-0.1, -0.05) is 13.8 Å². The second kappa shape index (κ2) is 8.94. The molecule has 0 amide bonds. The minimum atomic E-state index is 0.212. The Morgan fingerprint density at radius 1 is 1.08 bits per heavy atom. The van der Waals surface area contributed by atoms with Gasteiger partial charge in [0, 0.05) is 13.2 Å². The summed E-state index contributed by atoms with van der Waals surface area (Å²) in [6, 6.07) is 0. The van der Waals surface area contributed by atoms with Crippen molar-refractivity contribution in [3.63, 3.8) is 0 Å². The average molecular weight is 178 g/mol. The number of hydrogen-bond acceptors (Lipinski definition) is 2. The van der Waals surface area contributed by atoms with Crippen LogP contribution in [0, 0.1) is 5.92 Å². The van der Waals surface area contributed by atoms with E-state index in [4.69, 9.17) is 4.74 Å². The summed E-state index contributed by atoms with van der Waals surface area (Å²) in [4.78, 5) is 3.45. The Bertz CT molecular complexity index is 86.6. The molecule has 0 aromatic heterocycles. The van der Waals surface area contributed by atoms with Gasteiger partial charge in [0.2, 0.25) is 0 Å². The highest BCUT2D eigenvalue weighted by atomic mass is 19.3. The van der Waals surface area contributed by atoms with Crippen LogP contribution in [0.1, 0.15) is 33.1 Å². The van der Waals surface area contributed by atoms with E-state index < -0.39 is 0 Å². The van der Waals surface area contributed by atoms with Crippen molar-refractivity contribution in [2.75, 3.05) is 19.8 Å². The molecule has 0 aliphatic rings. The Kier molecular flexibility index (Phi) is 8.83. The van der Waals surface area contributed by atoms with Crippen molar-refractivity contribution in [2.45, 2.75) is 33.1 Å². The van der Waals surface area contributed by atoms with E-state index in [1.165, 1.54) is 0 Å². The highest BCUT2D eigenvalue weighted by Gasteiger charge is 1.93. The van der Waals surface area contributed by atoms with Crippen molar-refractivity contribution in [2.24, 2.45) is 5.92 Å². The van der Waals surface area contributed by atoms with Crippen LogP contribution >= 0.6 is 0 Å². The van der Waals surface area contributed by atoms with Gasteiger partial charge in [-0.05, 0) is 29.7 Å². The molecular weight excluding hydrogens is 159 g/mol. The molecule has 0 spiro atoms. The van der Waals surface area contributed by atoms with Crippen molar-refractivity contribution in [1.82, 2.24) is 0 Å². The van der Waals surface area contributed by atoms with E-state index in [1.54, 1.807) is 0 Å². The van der Waals surface area contributed by atoms with Gasteiger partial charge in [-0.25, -0.2) is 0 Å². The third kappa shape index (κ3) is 9.85. The van der Waals surface area contributed by atoms with Gasteiger partial charge in [0.05, 0.1) is 6.61 Å². The molecule has 0 heterocycles. The van der Waals surface area contributed by atoms with Crippen LogP contribution in [0.5, 0.6) is 0 Å². The first-order chi connectivity index (χ1) is 5.77. The monoisotopic (exact) mass is 178 g/mol. The zero-order chi connectivity index (χ0) is 9.23. The smallest absolute Gasteiger partial charge is 0.0876 e. The lowest BCUT2D eigenvalue weighted by atomic mass is 10.2. The Morgan fingerprint density at radius 2 is 1.75 bits per heavy atom. The molecule has 2 nitrogen and oxygen atoms in total. The van der Waals surface area contributed by atoms with Crippen molar-refractivity contribution >= 4 is 0 Å². The minimum Gasteiger partial charge on any atom is -0.381 e. The highest BCUT2D eigenvalue weighted by Crippen LogP contribution is 1.98. The zero-order valence-corrected chi connectivity index (χ0v) is 8.01. The summed E-state index contributed by atoms with van der Waals surface area (Å²) in [5.41, 5.74) is 0. The molecule has 0 aromatic rings.